The van der Waals surface area contributed by atoms with Crippen LogP contribution >= 0.6 is 11.3 Å². The van der Waals surface area contributed by atoms with Crippen molar-refractivity contribution in [3.05, 3.63) is 101 Å². The SMILES string of the molecule is O=C(Nc1nc(-c2ccccc2)cs1)/C(=C/c1ccc(OC(F)F)cc1)c1ccccc1. The van der Waals surface area contributed by atoms with Gasteiger partial charge in [-0.3, -0.25) is 10.1 Å². The summed E-state index contributed by atoms with van der Waals surface area (Å²) in [5.41, 5.74) is 3.56. The normalized spacial score (nSPS) is 11.4. The molecule has 1 amide bonds. The fourth-order valence-corrected chi connectivity index (χ4v) is 3.76. The van der Waals surface area contributed by atoms with Crippen molar-refractivity contribution >= 4 is 34.0 Å². The van der Waals surface area contributed by atoms with Crippen LogP contribution in [0.15, 0.2) is 90.3 Å². The number of nitrogens with one attached hydrogen (secondary N) is 1. The van der Waals surface area contributed by atoms with E-state index in [1.54, 1.807) is 18.2 Å². The summed E-state index contributed by atoms with van der Waals surface area (Å²) in [6, 6.07) is 25.0. The number of nitrogens with zero attached hydrogens (tertiary/aromatic N) is 1. The van der Waals surface area contributed by atoms with Gasteiger partial charge in [0.05, 0.1) is 5.69 Å². The minimum Gasteiger partial charge on any atom is -0.435 e. The average molecular weight is 448 g/mol. The summed E-state index contributed by atoms with van der Waals surface area (Å²) in [7, 11) is 0. The van der Waals surface area contributed by atoms with Crippen molar-refractivity contribution in [3.63, 3.8) is 0 Å². The van der Waals surface area contributed by atoms with E-state index in [9.17, 15) is 13.6 Å². The van der Waals surface area contributed by atoms with Crippen molar-refractivity contribution in [1.29, 1.82) is 0 Å². The fraction of sp³-hybridized carbons (Fsp3) is 0.0400. The van der Waals surface area contributed by atoms with Gasteiger partial charge in [0.15, 0.2) is 5.13 Å². The number of anilines is 1. The zero-order chi connectivity index (χ0) is 22.3. The van der Waals surface area contributed by atoms with E-state index in [0.29, 0.717) is 16.3 Å². The largest absolute Gasteiger partial charge is 0.435 e. The second kappa shape index (κ2) is 9.98. The van der Waals surface area contributed by atoms with E-state index in [1.165, 1.54) is 23.5 Å². The van der Waals surface area contributed by atoms with Crippen molar-refractivity contribution in [3.8, 4) is 17.0 Å². The minimum atomic E-state index is -2.89. The third-order valence-electron chi connectivity index (χ3n) is 4.54. The minimum absolute atomic E-state index is 0.0547. The van der Waals surface area contributed by atoms with Gasteiger partial charge in [-0.15, -0.1) is 11.3 Å². The number of halogens is 2. The Morgan fingerprint density at radius 2 is 1.59 bits per heavy atom. The van der Waals surface area contributed by atoms with Crippen molar-refractivity contribution in [2.75, 3.05) is 5.32 Å². The zero-order valence-corrected chi connectivity index (χ0v) is 17.6. The Kier molecular flexibility index (Phi) is 6.67. The molecule has 4 rings (SSSR count). The Labute approximate surface area is 187 Å². The second-order valence-electron chi connectivity index (χ2n) is 6.73. The zero-order valence-electron chi connectivity index (χ0n) is 16.7. The Morgan fingerprint density at radius 3 is 2.25 bits per heavy atom. The molecule has 0 spiro atoms. The number of carbonyl (C=O) groups excluding carboxylic acids is 1. The number of benzene rings is 3. The fourth-order valence-electron chi connectivity index (χ4n) is 3.05. The number of thiazole rings is 1. The number of alkyl halides is 2. The first-order valence-electron chi connectivity index (χ1n) is 9.73. The maximum absolute atomic E-state index is 13.1. The van der Waals surface area contributed by atoms with Crippen LogP contribution in [0.4, 0.5) is 13.9 Å². The first-order valence-corrected chi connectivity index (χ1v) is 10.6. The highest BCUT2D eigenvalue weighted by Crippen LogP contribution is 2.27. The van der Waals surface area contributed by atoms with Gasteiger partial charge >= 0.3 is 6.61 Å². The summed E-state index contributed by atoms with van der Waals surface area (Å²) >= 11 is 1.34. The Balaban J connectivity index is 1.59. The van der Waals surface area contributed by atoms with Crippen LogP contribution in [0.3, 0.4) is 0 Å². The molecule has 1 heterocycles. The molecule has 1 N–H and O–H groups in total. The topological polar surface area (TPSA) is 51.2 Å². The van der Waals surface area contributed by atoms with Gasteiger partial charge in [-0.05, 0) is 29.3 Å². The van der Waals surface area contributed by atoms with E-state index >= 15 is 0 Å². The van der Waals surface area contributed by atoms with E-state index in [2.05, 4.69) is 15.0 Å². The van der Waals surface area contributed by atoms with Crippen LogP contribution in [-0.4, -0.2) is 17.5 Å². The monoisotopic (exact) mass is 448 g/mol. The highest BCUT2D eigenvalue weighted by atomic mass is 32.1. The van der Waals surface area contributed by atoms with Gasteiger partial charge in [0.2, 0.25) is 0 Å². The molecule has 160 valence electrons. The van der Waals surface area contributed by atoms with Crippen molar-refractivity contribution in [2.24, 2.45) is 0 Å². The van der Waals surface area contributed by atoms with E-state index in [-0.39, 0.29) is 11.7 Å². The van der Waals surface area contributed by atoms with E-state index in [4.69, 9.17) is 0 Å². The lowest BCUT2D eigenvalue weighted by molar-refractivity contribution is -0.111. The number of carbonyl (C=O) groups is 1. The molecule has 7 heteroatoms. The number of hydrogen-bond donors (Lipinski definition) is 1. The Hall–Kier alpha value is -3.84. The summed E-state index contributed by atoms with van der Waals surface area (Å²) in [5.74, 6) is -0.267. The van der Waals surface area contributed by atoms with Gasteiger partial charge < -0.3 is 4.74 Å². The molecule has 0 saturated heterocycles. The number of amides is 1. The standard InChI is InChI=1S/C25H18F2N2O2S/c26-24(27)31-20-13-11-17(12-14-20)15-21(18-7-3-1-4-8-18)23(30)29-25-28-22(16-32-25)19-9-5-2-6-10-19/h1-16,24H,(H,28,29,30)/b21-15+. The maximum atomic E-state index is 13.1. The van der Waals surface area contributed by atoms with Crippen LogP contribution < -0.4 is 10.1 Å². The molecule has 0 aliphatic heterocycles. The molecule has 4 nitrogen and oxygen atoms in total. The maximum Gasteiger partial charge on any atom is 0.387 e. The third kappa shape index (κ3) is 5.44. The smallest absolute Gasteiger partial charge is 0.387 e. The number of hydrogen-bond acceptors (Lipinski definition) is 4. The lowest BCUT2D eigenvalue weighted by Crippen LogP contribution is -2.13. The van der Waals surface area contributed by atoms with Gasteiger partial charge in [0, 0.05) is 16.5 Å². The lowest BCUT2D eigenvalue weighted by atomic mass is 10.0. The van der Waals surface area contributed by atoms with Crippen molar-refractivity contribution < 1.29 is 18.3 Å². The molecule has 0 aliphatic rings. The quantitative estimate of drug-likeness (QED) is 0.256. The molecular weight excluding hydrogens is 430 g/mol. The van der Waals surface area contributed by atoms with E-state index in [0.717, 1.165) is 16.8 Å². The van der Waals surface area contributed by atoms with Gasteiger partial charge in [-0.25, -0.2) is 4.98 Å². The first kappa shape index (κ1) is 21.4. The Bertz CT molecular complexity index is 1210. The third-order valence-corrected chi connectivity index (χ3v) is 5.30. The second-order valence-corrected chi connectivity index (χ2v) is 7.59. The van der Waals surface area contributed by atoms with Crippen LogP contribution in [-0.2, 0) is 4.79 Å². The van der Waals surface area contributed by atoms with Gasteiger partial charge in [0.25, 0.3) is 5.91 Å². The number of ether oxygens (including phenoxy) is 1. The molecule has 0 radical (unpaired) electrons. The average Bonchev–Trinajstić information content (AvgIpc) is 3.28. The van der Waals surface area contributed by atoms with Crippen LogP contribution in [0.25, 0.3) is 22.9 Å². The summed E-state index contributed by atoms with van der Waals surface area (Å²) < 4.78 is 29.2. The van der Waals surface area contributed by atoms with Crippen molar-refractivity contribution in [1.82, 2.24) is 4.98 Å². The van der Waals surface area contributed by atoms with Crippen LogP contribution in [0.1, 0.15) is 11.1 Å². The summed E-state index contributed by atoms with van der Waals surface area (Å²) in [4.78, 5) is 17.7. The first-order chi connectivity index (χ1) is 15.6. The number of rotatable bonds is 7. The molecule has 0 aliphatic carbocycles. The molecule has 3 aromatic carbocycles. The summed E-state index contributed by atoms with van der Waals surface area (Å²) in [6.07, 6.45) is 1.70. The molecule has 0 saturated carbocycles. The molecule has 0 bridgehead atoms. The summed E-state index contributed by atoms with van der Waals surface area (Å²) in [5, 5.41) is 5.23. The highest BCUT2D eigenvalue weighted by molar-refractivity contribution is 7.14. The number of aromatic nitrogens is 1. The van der Waals surface area contributed by atoms with Gasteiger partial charge in [0.1, 0.15) is 5.75 Å². The summed E-state index contributed by atoms with van der Waals surface area (Å²) in [6.45, 7) is -2.89. The van der Waals surface area contributed by atoms with E-state index in [1.807, 2.05) is 66.0 Å². The molecule has 0 unspecified atom stereocenters. The van der Waals surface area contributed by atoms with Crippen LogP contribution in [0.2, 0.25) is 0 Å². The van der Waals surface area contributed by atoms with Gasteiger partial charge in [-0.1, -0.05) is 72.8 Å². The molecule has 32 heavy (non-hydrogen) atoms. The lowest BCUT2D eigenvalue weighted by Gasteiger charge is -2.09. The Morgan fingerprint density at radius 1 is 0.938 bits per heavy atom. The predicted octanol–water partition coefficient (Wildman–Crippen LogP) is 6.59. The van der Waals surface area contributed by atoms with Crippen LogP contribution in [0.5, 0.6) is 5.75 Å². The molecule has 0 atom stereocenters. The van der Waals surface area contributed by atoms with Crippen LogP contribution in [0, 0.1) is 0 Å². The molecular formula is C25H18F2N2O2S. The predicted molar refractivity (Wildman–Crippen MR) is 124 cm³/mol. The molecule has 0 fully saturated rings. The van der Waals surface area contributed by atoms with Crippen molar-refractivity contribution in [2.45, 2.75) is 6.61 Å². The highest BCUT2D eigenvalue weighted by Gasteiger charge is 2.15. The van der Waals surface area contributed by atoms with Gasteiger partial charge in [-0.2, -0.15) is 8.78 Å². The molecule has 4 aromatic rings. The van der Waals surface area contributed by atoms with E-state index < -0.39 is 6.61 Å². The molecule has 1 aromatic heterocycles.